The second-order valence-corrected chi connectivity index (χ2v) is 11.7. The van der Waals surface area contributed by atoms with Gasteiger partial charge < -0.3 is 4.57 Å². The summed E-state index contributed by atoms with van der Waals surface area (Å²) in [6.45, 7) is 3.85. The zero-order chi connectivity index (χ0) is 24.3. The molecule has 0 amide bonds. The fraction of sp³-hybridized carbons (Fsp3) is 0.259. The van der Waals surface area contributed by atoms with Gasteiger partial charge in [-0.2, -0.15) is 4.31 Å². The molecule has 1 aliphatic heterocycles. The zero-order valence-electron chi connectivity index (χ0n) is 19.6. The van der Waals surface area contributed by atoms with E-state index >= 15 is 0 Å². The topological polar surface area (TPSA) is 67.6 Å². The van der Waals surface area contributed by atoms with Crippen LogP contribution >= 0.6 is 11.3 Å². The molecule has 0 aliphatic carbocycles. The number of piperidine rings is 1. The average Bonchev–Trinajstić information content (AvgIpc) is 3.27. The molecule has 2 aromatic carbocycles. The predicted molar refractivity (Wildman–Crippen MR) is 140 cm³/mol. The van der Waals surface area contributed by atoms with E-state index < -0.39 is 10.0 Å². The fourth-order valence-corrected chi connectivity index (χ4v) is 6.99. The number of hydrogen-bond acceptors (Lipinski definition) is 5. The third kappa shape index (κ3) is 5.29. The molecular formula is C27H28N4O2S2. The Balaban J connectivity index is 1.58. The standard InChI is InChI=1S/C27H28N4O2S2/c1-21-8-7-15-30(18-21)35(32,33)25-13-5-10-23(16-25)26-20-34-27(29-24-11-3-2-4-12-24)31(26)19-22-9-6-14-28-17-22/h2-6,9-14,16-17,20-21H,7-8,15,18-19H2,1H3/t21-/m0/s1. The van der Waals surface area contributed by atoms with Crippen LogP contribution in [-0.2, 0) is 16.6 Å². The highest BCUT2D eigenvalue weighted by Gasteiger charge is 2.29. The molecule has 0 unspecified atom stereocenters. The number of sulfonamides is 1. The monoisotopic (exact) mass is 504 g/mol. The second kappa shape index (κ2) is 10.3. The quantitative estimate of drug-likeness (QED) is 0.357. The first-order chi connectivity index (χ1) is 17.0. The van der Waals surface area contributed by atoms with Crippen molar-refractivity contribution in [3.8, 4) is 11.3 Å². The van der Waals surface area contributed by atoms with Crippen LogP contribution in [0.2, 0.25) is 0 Å². The summed E-state index contributed by atoms with van der Waals surface area (Å²) in [7, 11) is -3.54. The van der Waals surface area contributed by atoms with Gasteiger partial charge in [-0.3, -0.25) is 4.98 Å². The second-order valence-electron chi connectivity index (χ2n) is 8.94. The van der Waals surface area contributed by atoms with Crippen molar-refractivity contribution in [2.45, 2.75) is 31.2 Å². The highest BCUT2D eigenvalue weighted by molar-refractivity contribution is 7.89. The van der Waals surface area contributed by atoms with Gasteiger partial charge in [-0.1, -0.05) is 43.3 Å². The van der Waals surface area contributed by atoms with E-state index in [1.165, 1.54) is 0 Å². The Bertz CT molecular complexity index is 1460. The van der Waals surface area contributed by atoms with Crippen LogP contribution in [-0.4, -0.2) is 35.4 Å². The largest absolute Gasteiger partial charge is 0.312 e. The summed E-state index contributed by atoms with van der Waals surface area (Å²) in [5.74, 6) is 0.377. The number of pyridine rings is 1. The lowest BCUT2D eigenvalue weighted by molar-refractivity contribution is 0.281. The first-order valence-corrected chi connectivity index (χ1v) is 14.1. The number of para-hydroxylation sites is 1. The molecule has 0 N–H and O–H groups in total. The van der Waals surface area contributed by atoms with Gasteiger partial charge >= 0.3 is 0 Å². The molecular weight excluding hydrogens is 476 g/mol. The summed E-state index contributed by atoms with van der Waals surface area (Å²) in [4.78, 5) is 10.3. The highest BCUT2D eigenvalue weighted by Crippen LogP contribution is 2.28. The Morgan fingerprint density at radius 3 is 2.71 bits per heavy atom. The van der Waals surface area contributed by atoms with Crippen molar-refractivity contribution in [2.75, 3.05) is 13.1 Å². The van der Waals surface area contributed by atoms with Gasteiger partial charge in [0, 0.05) is 36.4 Å². The molecule has 4 aromatic rings. The summed E-state index contributed by atoms with van der Waals surface area (Å²) < 4.78 is 30.6. The van der Waals surface area contributed by atoms with Gasteiger partial charge in [-0.05, 0) is 54.7 Å². The van der Waals surface area contributed by atoms with E-state index in [0.717, 1.165) is 40.2 Å². The molecule has 35 heavy (non-hydrogen) atoms. The van der Waals surface area contributed by atoms with Gasteiger partial charge in [0.2, 0.25) is 10.0 Å². The minimum absolute atomic E-state index is 0.338. The molecule has 5 rings (SSSR count). The number of nitrogens with zero attached hydrogens (tertiary/aromatic N) is 4. The van der Waals surface area contributed by atoms with E-state index in [0.29, 0.717) is 30.4 Å². The van der Waals surface area contributed by atoms with E-state index in [2.05, 4.69) is 16.5 Å². The number of aromatic nitrogens is 2. The Hall–Kier alpha value is -3.07. The molecule has 0 radical (unpaired) electrons. The highest BCUT2D eigenvalue weighted by atomic mass is 32.2. The lowest BCUT2D eigenvalue weighted by atomic mass is 10.0. The van der Waals surface area contributed by atoms with Crippen LogP contribution in [0.15, 0.2) is 94.4 Å². The van der Waals surface area contributed by atoms with Crippen molar-refractivity contribution >= 4 is 27.0 Å². The molecule has 1 atom stereocenters. The van der Waals surface area contributed by atoms with Crippen molar-refractivity contribution in [1.82, 2.24) is 13.9 Å². The Morgan fingerprint density at radius 2 is 1.94 bits per heavy atom. The van der Waals surface area contributed by atoms with Crippen LogP contribution in [0, 0.1) is 5.92 Å². The van der Waals surface area contributed by atoms with Gasteiger partial charge in [0.1, 0.15) is 0 Å². The number of rotatable bonds is 6. The minimum atomic E-state index is -3.54. The van der Waals surface area contributed by atoms with Crippen LogP contribution in [0.5, 0.6) is 0 Å². The SMILES string of the molecule is C[C@H]1CCCN(S(=O)(=O)c2cccc(-c3csc(=Nc4ccccc4)n3Cc3cccnc3)c2)C1. The van der Waals surface area contributed by atoms with Crippen molar-refractivity contribution in [3.63, 3.8) is 0 Å². The van der Waals surface area contributed by atoms with Gasteiger partial charge in [0.25, 0.3) is 0 Å². The van der Waals surface area contributed by atoms with E-state index in [1.807, 2.05) is 66.2 Å². The molecule has 1 saturated heterocycles. The molecule has 8 heteroatoms. The fourth-order valence-electron chi connectivity index (χ4n) is 4.42. The van der Waals surface area contributed by atoms with Gasteiger partial charge in [0.05, 0.1) is 22.8 Å². The maximum atomic E-state index is 13.4. The average molecular weight is 505 g/mol. The number of benzene rings is 2. The molecule has 180 valence electrons. The number of thiazole rings is 1. The molecule has 0 bridgehead atoms. The van der Waals surface area contributed by atoms with Crippen LogP contribution in [0.1, 0.15) is 25.3 Å². The van der Waals surface area contributed by atoms with E-state index in [-0.39, 0.29) is 0 Å². The lowest BCUT2D eigenvalue weighted by Crippen LogP contribution is -2.39. The summed E-state index contributed by atoms with van der Waals surface area (Å²) >= 11 is 1.54. The van der Waals surface area contributed by atoms with Crippen LogP contribution in [0.25, 0.3) is 11.3 Å². The Labute approximate surface area is 210 Å². The molecule has 0 spiro atoms. The van der Waals surface area contributed by atoms with Crippen LogP contribution in [0.4, 0.5) is 5.69 Å². The number of hydrogen-bond donors (Lipinski definition) is 0. The summed E-state index contributed by atoms with van der Waals surface area (Å²) in [5, 5.41) is 2.05. The molecule has 3 heterocycles. The van der Waals surface area contributed by atoms with E-state index in [4.69, 9.17) is 4.99 Å². The maximum Gasteiger partial charge on any atom is 0.243 e. The molecule has 1 fully saturated rings. The minimum Gasteiger partial charge on any atom is -0.312 e. The van der Waals surface area contributed by atoms with Crippen molar-refractivity contribution in [1.29, 1.82) is 0 Å². The first-order valence-electron chi connectivity index (χ1n) is 11.8. The zero-order valence-corrected chi connectivity index (χ0v) is 21.3. The van der Waals surface area contributed by atoms with Gasteiger partial charge in [-0.25, -0.2) is 13.4 Å². The molecule has 6 nitrogen and oxygen atoms in total. The first kappa shape index (κ1) is 23.7. The smallest absolute Gasteiger partial charge is 0.243 e. The van der Waals surface area contributed by atoms with Crippen molar-refractivity contribution in [2.24, 2.45) is 10.9 Å². The van der Waals surface area contributed by atoms with E-state index in [1.54, 1.807) is 34.0 Å². The predicted octanol–water partition coefficient (Wildman–Crippen LogP) is 5.31. The van der Waals surface area contributed by atoms with E-state index in [9.17, 15) is 8.42 Å². The van der Waals surface area contributed by atoms with Crippen LogP contribution in [0.3, 0.4) is 0 Å². The molecule has 2 aromatic heterocycles. The lowest BCUT2D eigenvalue weighted by Gasteiger charge is -2.30. The molecule has 0 saturated carbocycles. The summed E-state index contributed by atoms with van der Waals surface area (Å²) in [5.41, 5.74) is 3.70. The summed E-state index contributed by atoms with van der Waals surface area (Å²) in [6.07, 6.45) is 5.58. The Morgan fingerprint density at radius 1 is 1.09 bits per heavy atom. The summed E-state index contributed by atoms with van der Waals surface area (Å²) in [6, 6.07) is 21.1. The van der Waals surface area contributed by atoms with Gasteiger partial charge in [0.15, 0.2) is 4.80 Å². The third-order valence-electron chi connectivity index (χ3n) is 6.23. The van der Waals surface area contributed by atoms with Crippen molar-refractivity contribution < 1.29 is 8.42 Å². The third-order valence-corrected chi connectivity index (χ3v) is 8.95. The molecule has 1 aliphatic rings. The van der Waals surface area contributed by atoms with Crippen LogP contribution < -0.4 is 4.80 Å². The Kier molecular flexibility index (Phi) is 6.95. The van der Waals surface area contributed by atoms with Gasteiger partial charge in [-0.15, -0.1) is 11.3 Å². The van der Waals surface area contributed by atoms with Crippen molar-refractivity contribution in [3.05, 3.63) is 94.9 Å². The normalized spacial score (nSPS) is 17.5. The maximum absolute atomic E-state index is 13.4.